The van der Waals surface area contributed by atoms with Crippen LogP contribution in [0, 0.1) is 12.8 Å². The highest BCUT2D eigenvalue weighted by molar-refractivity contribution is 5.87. The first-order valence-corrected chi connectivity index (χ1v) is 7.33. The number of Topliss-reactive ketones (excluding diaryl/α,β-unsaturated/α-hetero) is 1. The van der Waals surface area contributed by atoms with Gasteiger partial charge < -0.3 is 4.57 Å². The second-order valence-electron chi connectivity index (χ2n) is 5.75. The number of ketones is 1. The van der Waals surface area contributed by atoms with E-state index in [0.29, 0.717) is 18.2 Å². The molecule has 1 fully saturated rings. The lowest BCUT2D eigenvalue weighted by molar-refractivity contribution is -0.124. The summed E-state index contributed by atoms with van der Waals surface area (Å²) in [6.07, 6.45) is 7.99. The van der Waals surface area contributed by atoms with Gasteiger partial charge in [0, 0.05) is 23.0 Å². The fraction of sp³-hybridized carbons (Fsp3) is 0.471. The summed E-state index contributed by atoms with van der Waals surface area (Å²) in [7, 11) is 0. The second kappa shape index (κ2) is 5.20. The Morgan fingerprint density at radius 3 is 2.79 bits per heavy atom. The molecule has 19 heavy (non-hydrogen) atoms. The maximum absolute atomic E-state index is 12.4. The Kier molecular flexibility index (Phi) is 3.41. The van der Waals surface area contributed by atoms with Crippen molar-refractivity contribution >= 4 is 16.7 Å². The number of hydrogen-bond acceptors (Lipinski definition) is 1. The van der Waals surface area contributed by atoms with Crippen molar-refractivity contribution in [3.63, 3.8) is 0 Å². The van der Waals surface area contributed by atoms with Crippen molar-refractivity contribution in [1.29, 1.82) is 0 Å². The molecule has 0 bridgehead atoms. The maximum atomic E-state index is 12.4. The highest BCUT2D eigenvalue weighted by Gasteiger charge is 2.21. The third kappa shape index (κ3) is 2.44. The number of fused-ring (bicyclic) bond motifs is 1. The largest absolute Gasteiger partial charge is 0.340 e. The smallest absolute Gasteiger partial charge is 0.155 e. The predicted molar refractivity (Wildman–Crippen MR) is 78.3 cm³/mol. The van der Waals surface area contributed by atoms with Gasteiger partial charge in [-0.1, -0.05) is 31.4 Å². The first-order valence-electron chi connectivity index (χ1n) is 7.33. The standard InChI is InChI=1S/C17H21NO/c1-13-6-5-9-16-15(13)10-11-18(16)12-17(19)14-7-3-2-4-8-14/h5-6,9-11,14H,2-4,7-8,12H2,1H3. The molecule has 0 N–H and O–H groups in total. The van der Waals surface area contributed by atoms with Crippen molar-refractivity contribution in [2.75, 3.05) is 0 Å². The molecule has 100 valence electrons. The van der Waals surface area contributed by atoms with Gasteiger partial charge in [-0.2, -0.15) is 0 Å². The number of nitrogens with zero attached hydrogens (tertiary/aromatic N) is 1. The first-order chi connectivity index (χ1) is 9.25. The van der Waals surface area contributed by atoms with E-state index in [9.17, 15) is 4.79 Å². The van der Waals surface area contributed by atoms with Crippen molar-refractivity contribution < 1.29 is 4.79 Å². The summed E-state index contributed by atoms with van der Waals surface area (Å²) in [5.41, 5.74) is 2.46. The van der Waals surface area contributed by atoms with E-state index >= 15 is 0 Å². The minimum absolute atomic E-state index is 0.302. The van der Waals surface area contributed by atoms with E-state index in [-0.39, 0.29) is 0 Å². The molecule has 0 aliphatic heterocycles. The molecule has 0 spiro atoms. The Labute approximate surface area is 114 Å². The molecule has 2 heteroatoms. The van der Waals surface area contributed by atoms with Gasteiger partial charge in [0.05, 0.1) is 6.54 Å². The zero-order chi connectivity index (χ0) is 13.2. The van der Waals surface area contributed by atoms with Crippen LogP contribution in [0.5, 0.6) is 0 Å². The quantitative estimate of drug-likeness (QED) is 0.809. The molecule has 0 radical (unpaired) electrons. The second-order valence-corrected chi connectivity index (χ2v) is 5.75. The van der Waals surface area contributed by atoms with E-state index in [0.717, 1.165) is 12.8 Å². The summed E-state index contributed by atoms with van der Waals surface area (Å²) in [5, 5.41) is 1.26. The fourth-order valence-electron chi connectivity index (χ4n) is 3.24. The highest BCUT2D eigenvalue weighted by Crippen LogP contribution is 2.26. The van der Waals surface area contributed by atoms with E-state index in [2.05, 4.69) is 42.0 Å². The minimum atomic E-state index is 0.302. The van der Waals surface area contributed by atoms with Crippen LogP contribution >= 0.6 is 0 Å². The summed E-state index contributed by atoms with van der Waals surface area (Å²) in [4.78, 5) is 12.4. The Hall–Kier alpha value is -1.57. The molecule has 1 aromatic heterocycles. The Balaban J connectivity index is 1.81. The van der Waals surface area contributed by atoms with Gasteiger partial charge >= 0.3 is 0 Å². The van der Waals surface area contributed by atoms with Gasteiger partial charge in [0.15, 0.2) is 5.78 Å². The van der Waals surface area contributed by atoms with Crippen molar-refractivity contribution in [3.05, 3.63) is 36.0 Å². The van der Waals surface area contributed by atoms with Gasteiger partial charge in [-0.3, -0.25) is 4.79 Å². The minimum Gasteiger partial charge on any atom is -0.340 e. The van der Waals surface area contributed by atoms with Gasteiger partial charge in [-0.25, -0.2) is 0 Å². The summed E-state index contributed by atoms with van der Waals surface area (Å²) < 4.78 is 2.11. The number of benzene rings is 1. The van der Waals surface area contributed by atoms with E-state index in [1.807, 2.05) is 0 Å². The molecule has 1 aliphatic rings. The molecule has 0 saturated heterocycles. The lowest BCUT2D eigenvalue weighted by atomic mass is 9.86. The van der Waals surface area contributed by atoms with E-state index in [1.165, 1.54) is 35.7 Å². The number of aromatic nitrogens is 1. The van der Waals surface area contributed by atoms with Crippen LogP contribution in [0.2, 0.25) is 0 Å². The van der Waals surface area contributed by atoms with E-state index < -0.39 is 0 Å². The van der Waals surface area contributed by atoms with Gasteiger partial charge in [-0.15, -0.1) is 0 Å². The van der Waals surface area contributed by atoms with Crippen LogP contribution in [0.15, 0.2) is 30.5 Å². The van der Waals surface area contributed by atoms with Crippen molar-refractivity contribution in [2.24, 2.45) is 5.92 Å². The van der Waals surface area contributed by atoms with Gasteiger partial charge in [-0.05, 0) is 37.5 Å². The average molecular weight is 255 g/mol. The molecule has 2 aromatic rings. The number of aryl methyl sites for hydroxylation is 1. The van der Waals surface area contributed by atoms with Gasteiger partial charge in [0.2, 0.25) is 0 Å². The molecule has 1 aliphatic carbocycles. The number of carbonyl (C=O) groups excluding carboxylic acids is 1. The van der Waals surface area contributed by atoms with Crippen molar-refractivity contribution in [2.45, 2.75) is 45.6 Å². The average Bonchev–Trinajstić information content (AvgIpc) is 2.84. The molecule has 2 nitrogen and oxygen atoms in total. The molecule has 1 aromatic carbocycles. The molecule has 1 saturated carbocycles. The van der Waals surface area contributed by atoms with Gasteiger partial charge in [0.25, 0.3) is 0 Å². The third-order valence-electron chi connectivity index (χ3n) is 4.42. The van der Waals surface area contributed by atoms with Crippen molar-refractivity contribution in [3.8, 4) is 0 Å². The van der Waals surface area contributed by atoms with Crippen LogP contribution < -0.4 is 0 Å². The van der Waals surface area contributed by atoms with E-state index in [1.54, 1.807) is 0 Å². The zero-order valence-electron chi connectivity index (χ0n) is 11.6. The summed E-state index contributed by atoms with van der Waals surface area (Å²) in [5.74, 6) is 0.717. The SMILES string of the molecule is Cc1cccc2c1ccn2CC(=O)C1CCCCC1. The maximum Gasteiger partial charge on any atom is 0.155 e. The zero-order valence-corrected chi connectivity index (χ0v) is 11.6. The van der Waals surface area contributed by atoms with Crippen LogP contribution in [0.4, 0.5) is 0 Å². The topological polar surface area (TPSA) is 22.0 Å². The summed E-state index contributed by atoms with van der Waals surface area (Å²) in [6, 6.07) is 8.42. The van der Waals surface area contributed by atoms with E-state index in [4.69, 9.17) is 0 Å². The Morgan fingerprint density at radius 2 is 2.00 bits per heavy atom. The van der Waals surface area contributed by atoms with Crippen LogP contribution in [0.1, 0.15) is 37.7 Å². The summed E-state index contributed by atoms with van der Waals surface area (Å²) >= 11 is 0. The Bertz CT molecular complexity index is 590. The number of rotatable bonds is 3. The molecule has 0 atom stereocenters. The van der Waals surface area contributed by atoms with Crippen LogP contribution in [-0.2, 0) is 11.3 Å². The molecule has 1 heterocycles. The Morgan fingerprint density at radius 1 is 1.21 bits per heavy atom. The number of carbonyl (C=O) groups is 1. The third-order valence-corrected chi connectivity index (χ3v) is 4.42. The predicted octanol–water partition coefficient (Wildman–Crippen LogP) is 4.10. The van der Waals surface area contributed by atoms with Gasteiger partial charge in [0.1, 0.15) is 0 Å². The fourth-order valence-corrected chi connectivity index (χ4v) is 3.24. The normalized spacial score (nSPS) is 16.9. The van der Waals surface area contributed by atoms with Crippen LogP contribution in [0.25, 0.3) is 10.9 Å². The monoisotopic (exact) mass is 255 g/mol. The molecule has 0 unspecified atom stereocenters. The first kappa shape index (κ1) is 12.5. The molecular weight excluding hydrogens is 234 g/mol. The van der Waals surface area contributed by atoms with Crippen LogP contribution in [0.3, 0.4) is 0 Å². The van der Waals surface area contributed by atoms with Crippen LogP contribution in [-0.4, -0.2) is 10.4 Å². The lowest BCUT2D eigenvalue weighted by Gasteiger charge is -2.20. The summed E-state index contributed by atoms with van der Waals surface area (Å²) in [6.45, 7) is 2.66. The number of hydrogen-bond donors (Lipinski definition) is 0. The molecule has 3 rings (SSSR count). The molecular formula is C17H21NO. The highest BCUT2D eigenvalue weighted by atomic mass is 16.1. The lowest BCUT2D eigenvalue weighted by Crippen LogP contribution is -2.22. The van der Waals surface area contributed by atoms with Crippen molar-refractivity contribution in [1.82, 2.24) is 4.57 Å². The molecule has 0 amide bonds.